The van der Waals surface area contributed by atoms with E-state index in [2.05, 4.69) is 27.8 Å². The quantitative estimate of drug-likeness (QED) is 0.831. The average Bonchev–Trinajstić information content (AvgIpc) is 2.94. The predicted octanol–water partition coefficient (Wildman–Crippen LogP) is 3.28. The third-order valence-electron chi connectivity index (χ3n) is 2.72. The van der Waals surface area contributed by atoms with Crippen LogP contribution in [0.5, 0.6) is 0 Å². The molecule has 2 aromatic heterocycles. The molecule has 0 radical (unpaired) electrons. The molecule has 0 unspecified atom stereocenters. The minimum Gasteiger partial charge on any atom is -0.390 e. The van der Waals surface area contributed by atoms with Crippen LogP contribution in [0.15, 0.2) is 22.7 Å². The third-order valence-corrected chi connectivity index (χ3v) is 4.55. The zero-order valence-corrected chi connectivity index (χ0v) is 13.1. The maximum atomic E-state index is 9.72. The molecule has 2 aromatic rings. The first-order valence-electron chi connectivity index (χ1n) is 6.33. The van der Waals surface area contributed by atoms with Gasteiger partial charge in [-0.15, -0.1) is 21.5 Å². The third kappa shape index (κ3) is 3.81. The predicted molar refractivity (Wildman–Crippen MR) is 80.6 cm³/mol. The highest BCUT2D eigenvalue weighted by molar-refractivity contribution is 7.99. The Kier molecular flexibility index (Phi) is 4.65. The number of aliphatic hydroxyl groups is 1. The molecule has 2 heterocycles. The first-order valence-corrected chi connectivity index (χ1v) is 8.20. The summed E-state index contributed by atoms with van der Waals surface area (Å²) >= 11 is 3.32. The fourth-order valence-corrected chi connectivity index (χ4v) is 3.63. The van der Waals surface area contributed by atoms with Crippen LogP contribution in [0.4, 0.5) is 0 Å². The zero-order valence-electron chi connectivity index (χ0n) is 11.5. The van der Waals surface area contributed by atoms with E-state index in [0.717, 1.165) is 34.6 Å². The van der Waals surface area contributed by atoms with Crippen molar-refractivity contribution in [2.45, 2.75) is 44.5 Å². The van der Waals surface area contributed by atoms with Crippen molar-refractivity contribution in [3.8, 4) is 10.7 Å². The van der Waals surface area contributed by atoms with Gasteiger partial charge in [0.25, 0.3) is 0 Å². The van der Waals surface area contributed by atoms with E-state index < -0.39 is 5.60 Å². The lowest BCUT2D eigenvalue weighted by Gasteiger charge is -2.16. The van der Waals surface area contributed by atoms with E-state index in [0.29, 0.717) is 0 Å². The van der Waals surface area contributed by atoms with Gasteiger partial charge >= 0.3 is 0 Å². The normalized spacial score (nSPS) is 12.0. The molecule has 0 saturated heterocycles. The van der Waals surface area contributed by atoms with Crippen LogP contribution in [0.3, 0.4) is 0 Å². The van der Waals surface area contributed by atoms with E-state index in [4.69, 9.17) is 0 Å². The van der Waals surface area contributed by atoms with Crippen molar-refractivity contribution in [2.24, 2.45) is 0 Å². The Labute approximate surface area is 121 Å². The number of nitrogens with zero attached hydrogens (tertiary/aromatic N) is 3. The van der Waals surface area contributed by atoms with Crippen LogP contribution >= 0.6 is 23.1 Å². The Bertz CT molecular complexity index is 514. The van der Waals surface area contributed by atoms with Crippen molar-refractivity contribution >= 4 is 23.1 Å². The van der Waals surface area contributed by atoms with E-state index in [-0.39, 0.29) is 0 Å². The van der Waals surface area contributed by atoms with E-state index >= 15 is 0 Å². The lowest BCUT2D eigenvalue weighted by atomic mass is 10.1. The molecule has 6 heteroatoms. The van der Waals surface area contributed by atoms with Crippen LogP contribution in [0, 0.1) is 0 Å². The summed E-state index contributed by atoms with van der Waals surface area (Å²) in [4.78, 5) is 1.14. The highest BCUT2D eigenvalue weighted by Gasteiger charge is 2.16. The van der Waals surface area contributed by atoms with Crippen LogP contribution in [-0.2, 0) is 6.54 Å². The molecule has 0 aromatic carbocycles. The van der Waals surface area contributed by atoms with Crippen molar-refractivity contribution < 1.29 is 5.11 Å². The minimum absolute atomic E-state index is 0.624. The lowest BCUT2D eigenvalue weighted by Crippen LogP contribution is -2.19. The minimum atomic E-state index is -0.624. The summed E-state index contributed by atoms with van der Waals surface area (Å²) in [6, 6.07) is 4.09. The van der Waals surface area contributed by atoms with Gasteiger partial charge < -0.3 is 9.67 Å². The summed E-state index contributed by atoms with van der Waals surface area (Å²) < 4.78 is 2.13. The van der Waals surface area contributed by atoms with Crippen LogP contribution < -0.4 is 0 Å². The van der Waals surface area contributed by atoms with Gasteiger partial charge in [-0.05, 0) is 38.6 Å². The molecule has 0 spiro atoms. The molecule has 0 amide bonds. The number of rotatable bonds is 6. The van der Waals surface area contributed by atoms with Gasteiger partial charge in [-0.3, -0.25) is 0 Å². The largest absolute Gasteiger partial charge is 0.390 e. The summed E-state index contributed by atoms with van der Waals surface area (Å²) in [6.45, 7) is 6.61. The second-order valence-corrected chi connectivity index (χ2v) is 6.95. The molecule has 0 atom stereocenters. The maximum absolute atomic E-state index is 9.72. The van der Waals surface area contributed by atoms with Crippen molar-refractivity contribution in [3.05, 3.63) is 17.5 Å². The van der Waals surface area contributed by atoms with Gasteiger partial charge in [0.15, 0.2) is 11.0 Å². The molecule has 0 saturated carbocycles. The van der Waals surface area contributed by atoms with Crippen molar-refractivity contribution in [2.75, 3.05) is 5.75 Å². The number of hydrogen-bond acceptors (Lipinski definition) is 5. The molecule has 0 aliphatic carbocycles. The van der Waals surface area contributed by atoms with Gasteiger partial charge in [-0.2, -0.15) is 0 Å². The van der Waals surface area contributed by atoms with E-state index in [1.807, 2.05) is 25.3 Å². The van der Waals surface area contributed by atoms with Gasteiger partial charge in [0, 0.05) is 12.3 Å². The van der Waals surface area contributed by atoms with Gasteiger partial charge in [0.2, 0.25) is 0 Å². The van der Waals surface area contributed by atoms with Crippen LogP contribution in [0.25, 0.3) is 10.7 Å². The molecule has 0 fully saturated rings. The summed E-state index contributed by atoms with van der Waals surface area (Å²) in [5, 5.41) is 21.2. The fourth-order valence-electron chi connectivity index (χ4n) is 1.66. The molecule has 0 aliphatic rings. The summed E-state index contributed by atoms with van der Waals surface area (Å²) in [5.74, 6) is 1.77. The topological polar surface area (TPSA) is 50.9 Å². The van der Waals surface area contributed by atoms with Gasteiger partial charge in [0.05, 0.1) is 10.5 Å². The van der Waals surface area contributed by atoms with Crippen molar-refractivity contribution in [1.29, 1.82) is 0 Å². The van der Waals surface area contributed by atoms with Crippen LogP contribution in [0.2, 0.25) is 0 Å². The number of aromatic nitrogens is 3. The lowest BCUT2D eigenvalue weighted by molar-refractivity contribution is 0.0777. The first-order chi connectivity index (χ1) is 9.01. The maximum Gasteiger partial charge on any atom is 0.191 e. The Morgan fingerprint density at radius 2 is 2.21 bits per heavy atom. The van der Waals surface area contributed by atoms with Crippen LogP contribution in [-0.4, -0.2) is 31.2 Å². The summed E-state index contributed by atoms with van der Waals surface area (Å²) in [6.07, 6.45) is 0.739. The molecule has 1 N–H and O–H groups in total. The zero-order chi connectivity index (χ0) is 13.9. The Balaban J connectivity index is 2.10. The van der Waals surface area contributed by atoms with E-state index in [1.54, 1.807) is 23.1 Å². The smallest absolute Gasteiger partial charge is 0.191 e. The van der Waals surface area contributed by atoms with Gasteiger partial charge in [-0.1, -0.05) is 17.8 Å². The monoisotopic (exact) mass is 297 g/mol. The van der Waals surface area contributed by atoms with Gasteiger partial charge in [0.1, 0.15) is 0 Å². The molecule has 0 bridgehead atoms. The highest BCUT2D eigenvalue weighted by Crippen LogP contribution is 2.28. The summed E-state index contributed by atoms with van der Waals surface area (Å²) in [7, 11) is 0. The second kappa shape index (κ2) is 6.07. The first kappa shape index (κ1) is 14.6. The Hall–Kier alpha value is -0.850. The Morgan fingerprint density at radius 3 is 2.79 bits per heavy atom. The van der Waals surface area contributed by atoms with E-state index in [1.165, 1.54) is 0 Å². The van der Waals surface area contributed by atoms with Crippen molar-refractivity contribution in [3.63, 3.8) is 0 Å². The highest BCUT2D eigenvalue weighted by atomic mass is 32.2. The van der Waals surface area contributed by atoms with Crippen molar-refractivity contribution in [1.82, 2.24) is 14.8 Å². The SMILES string of the molecule is CCn1c(SCCC(C)(C)O)nnc1-c1cccs1. The second-order valence-electron chi connectivity index (χ2n) is 4.94. The Morgan fingerprint density at radius 1 is 1.42 bits per heavy atom. The number of hydrogen-bond donors (Lipinski definition) is 1. The number of thioether (sulfide) groups is 1. The van der Waals surface area contributed by atoms with Crippen LogP contribution in [0.1, 0.15) is 27.2 Å². The van der Waals surface area contributed by atoms with Gasteiger partial charge in [-0.25, -0.2) is 0 Å². The molecular formula is C13H19N3OS2. The molecule has 19 heavy (non-hydrogen) atoms. The number of thiophene rings is 1. The molecule has 0 aliphatic heterocycles. The molecule has 104 valence electrons. The molecular weight excluding hydrogens is 278 g/mol. The molecule has 2 rings (SSSR count). The standard InChI is InChI=1S/C13H19N3OS2/c1-4-16-11(10-6-5-8-18-10)14-15-12(16)19-9-7-13(2,3)17/h5-6,8,17H,4,7,9H2,1-3H3. The van der Waals surface area contributed by atoms with E-state index in [9.17, 15) is 5.11 Å². The average molecular weight is 297 g/mol. The molecule has 4 nitrogen and oxygen atoms in total. The summed E-state index contributed by atoms with van der Waals surface area (Å²) in [5.41, 5.74) is -0.624. The fraction of sp³-hybridized carbons (Fsp3) is 0.538.